The Morgan fingerprint density at radius 3 is 3.11 bits per heavy atom. The third-order valence-electron chi connectivity index (χ3n) is 1.14. The topological polar surface area (TPSA) is 54.5 Å². The quantitative estimate of drug-likeness (QED) is 0.556. The summed E-state index contributed by atoms with van der Waals surface area (Å²) in [4.78, 5) is 0. The molecule has 0 fully saturated rings. The van der Waals surface area contributed by atoms with E-state index in [-0.39, 0.29) is 1.43 Å². The molecule has 2 aromatic rings. The maximum atomic E-state index is 3.89. The summed E-state index contributed by atoms with van der Waals surface area (Å²) >= 11 is 0. The van der Waals surface area contributed by atoms with E-state index in [9.17, 15) is 0 Å². The number of rotatable bonds is 0. The Morgan fingerprint density at radius 1 is 1.33 bits per heavy atom. The molecule has 2 aromatic heterocycles. The first-order chi connectivity index (χ1) is 4.47. The molecule has 4 nitrogen and oxygen atoms in total. The van der Waals surface area contributed by atoms with Crippen LogP contribution in [0.5, 0.6) is 0 Å². The summed E-state index contributed by atoms with van der Waals surface area (Å²) < 4.78 is 0. The van der Waals surface area contributed by atoms with Gasteiger partial charge in [-0.2, -0.15) is 15.3 Å². The molecule has 9 heavy (non-hydrogen) atoms. The van der Waals surface area contributed by atoms with Crippen LogP contribution in [0.4, 0.5) is 0 Å². The van der Waals surface area contributed by atoms with Crippen molar-refractivity contribution in [2.45, 2.75) is 0 Å². The highest BCUT2D eigenvalue weighted by molar-refractivity contribution is 5.75. The molecular weight excluding hydrogens is 116 g/mol. The van der Waals surface area contributed by atoms with Crippen molar-refractivity contribution in [3.63, 3.8) is 0 Å². The predicted octanol–water partition coefficient (Wildman–Crippen LogP) is 0.599. The normalized spacial score (nSPS) is 10.2. The van der Waals surface area contributed by atoms with Crippen LogP contribution in [0, 0.1) is 0 Å². The van der Waals surface area contributed by atoms with Crippen molar-refractivity contribution in [2.24, 2.45) is 0 Å². The van der Waals surface area contributed by atoms with Crippen LogP contribution >= 0.6 is 0 Å². The van der Waals surface area contributed by atoms with Gasteiger partial charge < -0.3 is 0 Å². The Hall–Kier alpha value is -1.45. The monoisotopic (exact) mass is 122 g/mol. The van der Waals surface area contributed by atoms with Gasteiger partial charge in [-0.3, -0.25) is 5.10 Å². The SMILES string of the molecule is [HH].c1nncc2n[nH]cc12. The summed E-state index contributed by atoms with van der Waals surface area (Å²) in [5, 5.41) is 14.9. The summed E-state index contributed by atoms with van der Waals surface area (Å²) in [6.07, 6.45) is 5.06. The fourth-order valence-corrected chi connectivity index (χ4v) is 0.700. The van der Waals surface area contributed by atoms with Gasteiger partial charge in [-0.05, 0) is 0 Å². The highest BCUT2D eigenvalue weighted by Crippen LogP contribution is 2.03. The molecule has 2 heterocycles. The number of nitrogens with zero attached hydrogens (tertiary/aromatic N) is 3. The number of H-pyrrole nitrogens is 1. The molecule has 1 N–H and O–H groups in total. The molecule has 0 amide bonds. The van der Waals surface area contributed by atoms with Crippen molar-refractivity contribution in [1.29, 1.82) is 0 Å². The Morgan fingerprint density at radius 2 is 2.22 bits per heavy atom. The largest absolute Gasteiger partial charge is 0.284 e. The van der Waals surface area contributed by atoms with Gasteiger partial charge >= 0.3 is 0 Å². The van der Waals surface area contributed by atoms with Crippen molar-refractivity contribution < 1.29 is 1.43 Å². The maximum absolute atomic E-state index is 3.89. The van der Waals surface area contributed by atoms with Crippen LogP contribution in [-0.4, -0.2) is 20.4 Å². The highest BCUT2D eigenvalue weighted by atomic mass is 15.1. The first-order valence-corrected chi connectivity index (χ1v) is 2.57. The second kappa shape index (κ2) is 1.51. The lowest BCUT2D eigenvalue weighted by Gasteiger charge is -1.78. The zero-order chi connectivity index (χ0) is 6.10. The van der Waals surface area contributed by atoms with E-state index in [0.717, 1.165) is 10.9 Å². The highest BCUT2D eigenvalue weighted by Gasteiger charge is 1.91. The first-order valence-electron chi connectivity index (χ1n) is 2.57. The lowest BCUT2D eigenvalue weighted by molar-refractivity contribution is 1.04. The number of hydrogen-bond donors (Lipinski definition) is 1. The molecule has 0 aliphatic heterocycles. The van der Waals surface area contributed by atoms with Crippen LogP contribution in [0.25, 0.3) is 10.9 Å². The molecule has 4 heteroatoms. The molecule has 0 radical (unpaired) electrons. The number of fused-ring (bicyclic) bond motifs is 1. The van der Waals surface area contributed by atoms with E-state index in [1.807, 2.05) is 0 Å². The first kappa shape index (κ1) is 4.43. The molecule has 0 bridgehead atoms. The van der Waals surface area contributed by atoms with Crippen LogP contribution in [0.3, 0.4) is 0 Å². The summed E-state index contributed by atoms with van der Waals surface area (Å²) in [6.45, 7) is 0. The van der Waals surface area contributed by atoms with Crippen molar-refractivity contribution in [3.05, 3.63) is 18.6 Å². The minimum absolute atomic E-state index is 0. The Kier molecular flexibility index (Phi) is 0.745. The molecule has 0 unspecified atom stereocenters. The van der Waals surface area contributed by atoms with E-state index in [2.05, 4.69) is 20.4 Å². The number of nitrogens with one attached hydrogen (secondary N) is 1. The molecule has 0 aromatic carbocycles. The molecule has 46 valence electrons. The van der Waals surface area contributed by atoms with Gasteiger partial charge in [0.1, 0.15) is 5.52 Å². The van der Waals surface area contributed by atoms with Gasteiger partial charge in [-0.15, -0.1) is 0 Å². The second-order valence-electron chi connectivity index (χ2n) is 1.71. The molecule has 0 aliphatic rings. The van der Waals surface area contributed by atoms with Gasteiger partial charge in [0.15, 0.2) is 0 Å². The minimum Gasteiger partial charge on any atom is -0.284 e. The van der Waals surface area contributed by atoms with Gasteiger partial charge in [0.2, 0.25) is 0 Å². The third kappa shape index (κ3) is 0.561. The fraction of sp³-hybridized carbons (Fsp3) is 0. The lowest BCUT2D eigenvalue weighted by atomic mass is 10.4. The number of hydrogen-bond acceptors (Lipinski definition) is 3. The van der Waals surface area contributed by atoms with Gasteiger partial charge in [0, 0.05) is 13.0 Å². The van der Waals surface area contributed by atoms with Gasteiger partial charge in [-0.1, -0.05) is 0 Å². The van der Waals surface area contributed by atoms with Gasteiger partial charge in [0.25, 0.3) is 0 Å². The van der Waals surface area contributed by atoms with Crippen molar-refractivity contribution >= 4 is 10.9 Å². The Balaban J connectivity index is 0.000000500. The molecule has 0 spiro atoms. The van der Waals surface area contributed by atoms with Crippen LogP contribution in [0.2, 0.25) is 0 Å². The summed E-state index contributed by atoms with van der Waals surface area (Å²) in [5.74, 6) is 0. The van der Waals surface area contributed by atoms with Crippen molar-refractivity contribution in [1.82, 2.24) is 20.4 Å². The molecule has 0 aliphatic carbocycles. The number of aromatic nitrogens is 4. The smallest absolute Gasteiger partial charge is 0.114 e. The summed E-state index contributed by atoms with van der Waals surface area (Å²) in [6, 6.07) is 0. The van der Waals surface area contributed by atoms with E-state index in [0.29, 0.717) is 0 Å². The Labute approximate surface area is 52.4 Å². The van der Waals surface area contributed by atoms with Crippen LogP contribution < -0.4 is 0 Å². The van der Waals surface area contributed by atoms with E-state index >= 15 is 0 Å². The van der Waals surface area contributed by atoms with Crippen LogP contribution in [-0.2, 0) is 0 Å². The minimum atomic E-state index is 0. The molecular formula is C5H6N4. The average molecular weight is 122 g/mol. The van der Waals surface area contributed by atoms with E-state index in [1.54, 1.807) is 18.6 Å². The second-order valence-corrected chi connectivity index (χ2v) is 1.71. The van der Waals surface area contributed by atoms with E-state index < -0.39 is 0 Å². The summed E-state index contributed by atoms with van der Waals surface area (Å²) in [5.41, 5.74) is 0.852. The standard InChI is InChI=1S/C5H4N4.H2/c1-4-2-8-9-5(4)3-7-6-1;/h1-3H,(H,8,9);1H. The zero-order valence-electron chi connectivity index (χ0n) is 4.57. The fourth-order valence-electron chi connectivity index (χ4n) is 0.700. The van der Waals surface area contributed by atoms with Crippen LogP contribution in [0.1, 0.15) is 1.43 Å². The maximum Gasteiger partial charge on any atom is 0.114 e. The third-order valence-corrected chi connectivity index (χ3v) is 1.14. The molecule has 0 saturated carbocycles. The van der Waals surface area contributed by atoms with Crippen molar-refractivity contribution in [3.8, 4) is 0 Å². The van der Waals surface area contributed by atoms with E-state index in [1.165, 1.54) is 0 Å². The van der Waals surface area contributed by atoms with Gasteiger partial charge in [0.05, 0.1) is 12.4 Å². The lowest BCUT2D eigenvalue weighted by Crippen LogP contribution is -1.75. The molecule has 0 saturated heterocycles. The molecule has 2 rings (SSSR count). The van der Waals surface area contributed by atoms with Crippen LogP contribution in [0.15, 0.2) is 18.6 Å². The number of aromatic amines is 1. The zero-order valence-corrected chi connectivity index (χ0v) is 4.57. The van der Waals surface area contributed by atoms with E-state index in [4.69, 9.17) is 0 Å². The predicted molar refractivity (Wildman–Crippen MR) is 33.8 cm³/mol. The summed E-state index contributed by atoms with van der Waals surface area (Å²) in [7, 11) is 0. The van der Waals surface area contributed by atoms with Crippen molar-refractivity contribution in [2.75, 3.05) is 0 Å². The van der Waals surface area contributed by atoms with Gasteiger partial charge in [-0.25, -0.2) is 0 Å². The average Bonchev–Trinajstić information content (AvgIpc) is 2.33. The Bertz CT molecular complexity index is 288. The molecule has 0 atom stereocenters.